The maximum absolute atomic E-state index is 13.2. The highest BCUT2D eigenvalue weighted by atomic mass is 32.2. The zero-order valence-corrected chi connectivity index (χ0v) is 17.2. The third-order valence-electron chi connectivity index (χ3n) is 4.69. The van der Waals surface area contributed by atoms with E-state index < -0.39 is 27.9 Å². The Labute approximate surface area is 182 Å². The summed E-state index contributed by atoms with van der Waals surface area (Å²) in [5.41, 5.74) is 3.02. The minimum atomic E-state index is -3.88. The molecule has 166 valence electrons. The van der Waals surface area contributed by atoms with E-state index in [1.54, 1.807) is 18.2 Å². The predicted molar refractivity (Wildman–Crippen MR) is 112 cm³/mol. The van der Waals surface area contributed by atoms with Crippen molar-refractivity contribution >= 4 is 21.5 Å². The van der Waals surface area contributed by atoms with Crippen LogP contribution in [0.1, 0.15) is 5.56 Å². The van der Waals surface area contributed by atoms with Gasteiger partial charge in [0.1, 0.15) is 0 Å². The fraction of sp³-hybridized carbons (Fsp3) is 0.136. The second-order valence-corrected chi connectivity index (χ2v) is 9.05. The van der Waals surface area contributed by atoms with Crippen LogP contribution in [0.3, 0.4) is 0 Å². The highest BCUT2D eigenvalue weighted by molar-refractivity contribution is 7.92. The first-order chi connectivity index (χ1) is 15.1. The summed E-state index contributed by atoms with van der Waals surface area (Å²) in [4.78, 5) is 10.6. The molecule has 0 aromatic heterocycles. The standard InChI is InChI=1S/C22H17F2NO6S/c23-22(24)30-19-9-4-16(11-20(19)31-22)15-3-1-2-14(10-15)12-25-17-5-7-18(8-6-17)32(28,29)13-21(26)27/h1-11,25H,12-13H2,(H,26,27). The van der Waals surface area contributed by atoms with Crippen LogP contribution < -0.4 is 14.8 Å². The van der Waals surface area contributed by atoms with Gasteiger partial charge in [-0.05, 0) is 59.2 Å². The van der Waals surface area contributed by atoms with Crippen molar-refractivity contribution in [3.8, 4) is 22.6 Å². The Morgan fingerprint density at radius 1 is 0.938 bits per heavy atom. The zero-order chi connectivity index (χ0) is 22.9. The normalized spacial score (nSPS) is 14.2. The van der Waals surface area contributed by atoms with E-state index in [9.17, 15) is 22.0 Å². The van der Waals surface area contributed by atoms with Gasteiger partial charge in [0, 0.05) is 12.2 Å². The van der Waals surface area contributed by atoms with Crippen LogP contribution in [-0.4, -0.2) is 31.5 Å². The molecule has 1 heterocycles. The number of benzene rings is 3. The average molecular weight is 461 g/mol. The molecule has 3 aromatic carbocycles. The number of carbonyl (C=O) groups is 1. The number of carboxylic acid groups (broad SMARTS) is 1. The van der Waals surface area contributed by atoms with Crippen molar-refractivity contribution < 1.29 is 36.6 Å². The highest BCUT2D eigenvalue weighted by Gasteiger charge is 2.43. The number of carboxylic acids is 1. The van der Waals surface area contributed by atoms with Gasteiger partial charge >= 0.3 is 12.3 Å². The lowest BCUT2D eigenvalue weighted by molar-refractivity contribution is -0.286. The third-order valence-corrected chi connectivity index (χ3v) is 6.30. The first-order valence-electron chi connectivity index (χ1n) is 9.39. The maximum Gasteiger partial charge on any atom is 0.586 e. The molecule has 10 heteroatoms. The first kappa shape index (κ1) is 21.6. The lowest BCUT2D eigenvalue weighted by Gasteiger charge is -2.10. The lowest BCUT2D eigenvalue weighted by atomic mass is 10.0. The summed E-state index contributed by atoms with van der Waals surface area (Å²) in [5, 5.41) is 11.9. The molecule has 0 amide bonds. The number of fused-ring (bicyclic) bond motifs is 1. The summed E-state index contributed by atoms with van der Waals surface area (Å²) >= 11 is 0. The van der Waals surface area contributed by atoms with Gasteiger partial charge in [0.2, 0.25) is 0 Å². The van der Waals surface area contributed by atoms with Gasteiger partial charge in [0.25, 0.3) is 0 Å². The average Bonchev–Trinajstić information content (AvgIpc) is 3.05. The van der Waals surface area contributed by atoms with Crippen molar-refractivity contribution in [2.45, 2.75) is 17.7 Å². The van der Waals surface area contributed by atoms with E-state index in [1.807, 2.05) is 24.3 Å². The van der Waals surface area contributed by atoms with Crippen LogP contribution in [0.25, 0.3) is 11.1 Å². The number of nitrogens with one attached hydrogen (secondary N) is 1. The molecule has 0 unspecified atom stereocenters. The lowest BCUT2D eigenvalue weighted by Crippen LogP contribution is -2.25. The number of ether oxygens (including phenoxy) is 2. The fourth-order valence-corrected chi connectivity index (χ4v) is 4.26. The van der Waals surface area contributed by atoms with Crippen molar-refractivity contribution in [3.05, 3.63) is 72.3 Å². The Morgan fingerprint density at radius 3 is 2.34 bits per heavy atom. The van der Waals surface area contributed by atoms with Crippen LogP contribution in [0.4, 0.5) is 14.5 Å². The van der Waals surface area contributed by atoms with Gasteiger partial charge in [-0.15, -0.1) is 8.78 Å². The number of aliphatic carboxylic acids is 1. The molecule has 7 nitrogen and oxygen atoms in total. The topological polar surface area (TPSA) is 102 Å². The molecule has 0 saturated heterocycles. The highest BCUT2D eigenvalue weighted by Crippen LogP contribution is 2.42. The maximum atomic E-state index is 13.2. The number of hydrogen-bond donors (Lipinski definition) is 2. The van der Waals surface area contributed by atoms with E-state index in [1.165, 1.54) is 24.3 Å². The van der Waals surface area contributed by atoms with Crippen LogP contribution >= 0.6 is 0 Å². The Morgan fingerprint density at radius 2 is 1.62 bits per heavy atom. The molecule has 0 fully saturated rings. The van der Waals surface area contributed by atoms with E-state index in [0.29, 0.717) is 17.8 Å². The summed E-state index contributed by atoms with van der Waals surface area (Å²) in [7, 11) is -3.88. The molecule has 0 radical (unpaired) electrons. The molecule has 1 aliphatic rings. The summed E-state index contributed by atoms with van der Waals surface area (Å²) in [6.45, 7) is 0.414. The predicted octanol–water partition coefficient (Wildman–Crippen LogP) is 4.15. The summed E-state index contributed by atoms with van der Waals surface area (Å²) in [5.74, 6) is -2.44. The van der Waals surface area contributed by atoms with E-state index in [0.717, 1.165) is 11.1 Å². The monoisotopic (exact) mass is 461 g/mol. The van der Waals surface area contributed by atoms with Gasteiger partial charge in [-0.25, -0.2) is 8.42 Å². The van der Waals surface area contributed by atoms with Crippen molar-refractivity contribution in [1.29, 1.82) is 0 Å². The number of sulfone groups is 1. The molecule has 32 heavy (non-hydrogen) atoms. The Balaban J connectivity index is 1.45. The van der Waals surface area contributed by atoms with Crippen molar-refractivity contribution in [2.75, 3.05) is 11.1 Å². The van der Waals surface area contributed by atoms with E-state index in [4.69, 9.17) is 5.11 Å². The van der Waals surface area contributed by atoms with Crippen molar-refractivity contribution in [2.24, 2.45) is 0 Å². The van der Waals surface area contributed by atoms with Crippen LogP contribution in [0.15, 0.2) is 71.6 Å². The molecule has 0 bridgehead atoms. The second-order valence-electron chi connectivity index (χ2n) is 7.06. The Bertz CT molecular complexity index is 1280. The minimum Gasteiger partial charge on any atom is -0.480 e. The van der Waals surface area contributed by atoms with E-state index in [2.05, 4.69) is 14.8 Å². The first-order valence-corrected chi connectivity index (χ1v) is 11.0. The summed E-state index contributed by atoms with van der Waals surface area (Å²) < 4.78 is 59.3. The minimum absolute atomic E-state index is 0.0228. The molecular formula is C22H17F2NO6S. The van der Waals surface area contributed by atoms with Crippen LogP contribution in [0, 0.1) is 0 Å². The van der Waals surface area contributed by atoms with Gasteiger partial charge in [0.05, 0.1) is 4.90 Å². The number of rotatable bonds is 7. The van der Waals surface area contributed by atoms with Gasteiger partial charge in [0.15, 0.2) is 27.1 Å². The van der Waals surface area contributed by atoms with Crippen molar-refractivity contribution in [3.63, 3.8) is 0 Å². The fourth-order valence-electron chi connectivity index (χ4n) is 3.22. The molecule has 0 spiro atoms. The molecule has 0 aliphatic carbocycles. The number of alkyl halides is 2. The van der Waals surface area contributed by atoms with E-state index >= 15 is 0 Å². The number of anilines is 1. The van der Waals surface area contributed by atoms with Gasteiger partial charge in [-0.1, -0.05) is 24.3 Å². The van der Waals surface area contributed by atoms with Gasteiger partial charge in [-0.3, -0.25) is 4.79 Å². The Kier molecular flexibility index (Phi) is 5.47. The molecular weight excluding hydrogens is 444 g/mol. The van der Waals surface area contributed by atoms with Gasteiger partial charge in [-0.2, -0.15) is 0 Å². The van der Waals surface area contributed by atoms with E-state index in [-0.39, 0.29) is 16.4 Å². The molecule has 1 aliphatic heterocycles. The zero-order valence-electron chi connectivity index (χ0n) is 16.4. The second kappa shape index (κ2) is 8.12. The third kappa shape index (κ3) is 4.80. The van der Waals surface area contributed by atoms with Crippen LogP contribution in [0.5, 0.6) is 11.5 Å². The smallest absolute Gasteiger partial charge is 0.480 e. The molecule has 3 aromatic rings. The Hall–Kier alpha value is -3.66. The molecule has 2 N–H and O–H groups in total. The van der Waals surface area contributed by atoms with Crippen molar-refractivity contribution in [1.82, 2.24) is 0 Å². The number of halogens is 2. The van der Waals surface area contributed by atoms with Gasteiger partial charge < -0.3 is 19.9 Å². The SMILES string of the molecule is O=C(O)CS(=O)(=O)c1ccc(NCc2cccc(-c3ccc4c(c3)OC(F)(F)O4)c2)cc1. The quantitative estimate of drug-likeness (QED) is 0.545. The van der Waals surface area contributed by atoms with Crippen LogP contribution in [0.2, 0.25) is 0 Å². The summed E-state index contributed by atoms with van der Waals surface area (Å²) in [6, 6.07) is 17.8. The molecule has 0 atom stereocenters. The molecule has 0 saturated carbocycles. The number of hydrogen-bond acceptors (Lipinski definition) is 6. The molecule has 4 rings (SSSR count). The largest absolute Gasteiger partial charge is 0.586 e. The van der Waals surface area contributed by atoms with Crippen LogP contribution in [-0.2, 0) is 21.2 Å². The summed E-state index contributed by atoms with van der Waals surface area (Å²) in [6.07, 6.45) is -3.67.